The molecule has 0 aromatic heterocycles. The number of benzene rings is 3. The van der Waals surface area contributed by atoms with Crippen molar-refractivity contribution in [2.45, 2.75) is 13.2 Å². The summed E-state index contributed by atoms with van der Waals surface area (Å²) in [6, 6.07) is 24.8. The minimum Gasteiger partial charge on any atom is -0.508 e. The third-order valence-corrected chi connectivity index (χ3v) is 3.38. The van der Waals surface area contributed by atoms with Gasteiger partial charge in [0.25, 0.3) is 0 Å². The summed E-state index contributed by atoms with van der Waals surface area (Å²) in [4.78, 5) is 0. The van der Waals surface area contributed by atoms with E-state index in [1.165, 1.54) is 29.3 Å². The molecule has 3 aromatic carbocycles. The number of phenolic OH excluding ortho intramolecular Hbond substituents is 2. The highest BCUT2D eigenvalue weighted by Crippen LogP contribution is 2.20. The molecule has 0 aliphatic heterocycles. The summed E-state index contributed by atoms with van der Waals surface area (Å²) in [5.74, 6) is 0.102. The Bertz CT molecular complexity index is 708. The van der Waals surface area contributed by atoms with E-state index < -0.39 is 0 Å². The van der Waals surface area contributed by atoms with Crippen molar-refractivity contribution in [2.75, 3.05) is 0 Å². The van der Waals surface area contributed by atoms with Gasteiger partial charge in [-0.05, 0) is 28.8 Å². The Kier molecular flexibility index (Phi) is 7.29. The highest BCUT2D eigenvalue weighted by atomic mass is 16.5. The van der Waals surface area contributed by atoms with Crippen LogP contribution >= 0.6 is 0 Å². The van der Waals surface area contributed by atoms with Crippen molar-refractivity contribution in [3.8, 4) is 11.5 Å². The molecular formula is C22H22O3. The lowest BCUT2D eigenvalue weighted by Crippen LogP contribution is -1.93. The average molecular weight is 334 g/mol. The summed E-state index contributed by atoms with van der Waals surface area (Å²) in [6.45, 7) is 4.84. The number of aromatic hydroxyl groups is 2. The molecule has 0 spiro atoms. The van der Waals surface area contributed by atoms with Crippen LogP contribution in [0.4, 0.5) is 0 Å². The van der Waals surface area contributed by atoms with Crippen LogP contribution in [0.2, 0.25) is 0 Å². The van der Waals surface area contributed by atoms with Crippen molar-refractivity contribution in [3.63, 3.8) is 0 Å². The van der Waals surface area contributed by atoms with E-state index in [9.17, 15) is 0 Å². The van der Waals surface area contributed by atoms with Crippen LogP contribution in [0.5, 0.6) is 11.5 Å². The van der Waals surface area contributed by atoms with Crippen LogP contribution in [-0.4, -0.2) is 10.2 Å². The molecule has 0 radical (unpaired) electrons. The van der Waals surface area contributed by atoms with E-state index in [1.54, 1.807) is 6.08 Å². The van der Waals surface area contributed by atoms with Crippen LogP contribution in [0.25, 0.3) is 6.08 Å². The zero-order valence-corrected chi connectivity index (χ0v) is 14.0. The second-order valence-electron chi connectivity index (χ2n) is 5.45. The van der Waals surface area contributed by atoms with Crippen molar-refractivity contribution >= 4 is 6.08 Å². The lowest BCUT2D eigenvalue weighted by Gasteiger charge is -2.03. The van der Waals surface area contributed by atoms with Crippen LogP contribution in [-0.2, 0) is 18.0 Å². The van der Waals surface area contributed by atoms with Crippen LogP contribution in [0.3, 0.4) is 0 Å². The molecule has 3 rings (SSSR count). The fourth-order valence-corrected chi connectivity index (χ4v) is 2.17. The number of hydrogen-bond donors (Lipinski definition) is 2. The van der Waals surface area contributed by atoms with Crippen molar-refractivity contribution in [1.29, 1.82) is 0 Å². The maximum Gasteiger partial charge on any atom is 0.119 e. The van der Waals surface area contributed by atoms with Gasteiger partial charge in [-0.3, -0.25) is 0 Å². The van der Waals surface area contributed by atoms with Gasteiger partial charge in [-0.1, -0.05) is 73.3 Å². The van der Waals surface area contributed by atoms with E-state index >= 15 is 0 Å². The standard InChI is InChI=1S/C14H14O.C8H8O2/c1-3-7-13(8-4-1)11-15-12-14-9-5-2-6-10-14;1-2-6-3-7(9)5-8(10)4-6/h1-10H,11-12H2;2-5,9-10H,1H2. The maximum absolute atomic E-state index is 8.92. The Balaban J connectivity index is 0.000000196. The average Bonchev–Trinajstić information content (AvgIpc) is 2.63. The van der Waals surface area contributed by atoms with Gasteiger partial charge in [0.05, 0.1) is 13.2 Å². The van der Waals surface area contributed by atoms with Gasteiger partial charge in [0, 0.05) is 6.07 Å². The molecule has 0 aliphatic rings. The monoisotopic (exact) mass is 334 g/mol. The first kappa shape index (κ1) is 18.3. The third kappa shape index (κ3) is 6.94. The largest absolute Gasteiger partial charge is 0.508 e. The van der Waals surface area contributed by atoms with Crippen LogP contribution in [0, 0.1) is 0 Å². The Morgan fingerprint density at radius 1 is 0.720 bits per heavy atom. The molecule has 128 valence electrons. The van der Waals surface area contributed by atoms with Gasteiger partial charge in [-0.25, -0.2) is 0 Å². The van der Waals surface area contributed by atoms with Gasteiger partial charge in [0.2, 0.25) is 0 Å². The summed E-state index contributed by atoms with van der Waals surface area (Å²) in [5, 5.41) is 17.8. The van der Waals surface area contributed by atoms with E-state index in [4.69, 9.17) is 14.9 Å². The normalized spacial score (nSPS) is 9.76. The van der Waals surface area contributed by atoms with Gasteiger partial charge >= 0.3 is 0 Å². The Hall–Kier alpha value is -3.04. The molecule has 0 fully saturated rings. The van der Waals surface area contributed by atoms with Crippen molar-refractivity contribution < 1.29 is 14.9 Å². The minimum absolute atomic E-state index is 0.0508. The molecule has 3 aromatic rings. The van der Waals surface area contributed by atoms with Gasteiger partial charge in [-0.2, -0.15) is 0 Å². The Morgan fingerprint density at radius 3 is 1.56 bits per heavy atom. The number of hydrogen-bond acceptors (Lipinski definition) is 3. The summed E-state index contributed by atoms with van der Waals surface area (Å²) < 4.78 is 5.61. The van der Waals surface area contributed by atoms with Gasteiger partial charge in [0.15, 0.2) is 0 Å². The number of phenols is 2. The smallest absolute Gasteiger partial charge is 0.119 e. The maximum atomic E-state index is 8.92. The highest BCUT2D eigenvalue weighted by molar-refractivity contribution is 5.52. The Morgan fingerprint density at radius 2 is 1.16 bits per heavy atom. The van der Waals surface area contributed by atoms with E-state index in [-0.39, 0.29) is 11.5 Å². The Labute approximate surface area is 148 Å². The third-order valence-electron chi connectivity index (χ3n) is 3.38. The molecule has 0 saturated carbocycles. The summed E-state index contributed by atoms with van der Waals surface area (Å²) in [7, 11) is 0. The number of rotatable bonds is 5. The first-order chi connectivity index (χ1) is 12.2. The second kappa shape index (κ2) is 9.96. The van der Waals surface area contributed by atoms with E-state index in [0.29, 0.717) is 18.8 Å². The predicted octanol–water partition coefficient (Wildman–Crippen LogP) is 5.14. The van der Waals surface area contributed by atoms with Crippen molar-refractivity contribution in [1.82, 2.24) is 0 Å². The van der Waals surface area contributed by atoms with Crippen LogP contribution < -0.4 is 0 Å². The molecule has 0 saturated heterocycles. The first-order valence-electron chi connectivity index (χ1n) is 7.98. The molecule has 0 bridgehead atoms. The zero-order chi connectivity index (χ0) is 17.9. The lowest BCUT2D eigenvalue weighted by molar-refractivity contribution is 0.107. The van der Waals surface area contributed by atoms with Crippen LogP contribution in [0.15, 0.2) is 85.4 Å². The fourth-order valence-electron chi connectivity index (χ4n) is 2.17. The lowest BCUT2D eigenvalue weighted by atomic mass is 10.2. The SMILES string of the molecule is C=Cc1cc(O)cc(O)c1.c1ccc(COCc2ccccc2)cc1. The van der Waals surface area contributed by atoms with Gasteiger partial charge in [0.1, 0.15) is 11.5 Å². The predicted molar refractivity (Wildman–Crippen MR) is 101 cm³/mol. The summed E-state index contributed by atoms with van der Waals surface area (Å²) in [5.41, 5.74) is 3.14. The molecule has 0 aliphatic carbocycles. The molecule has 0 amide bonds. The van der Waals surface area contributed by atoms with Gasteiger partial charge < -0.3 is 14.9 Å². The minimum atomic E-state index is 0.0508. The molecule has 0 atom stereocenters. The van der Waals surface area contributed by atoms with Crippen molar-refractivity contribution in [2.24, 2.45) is 0 Å². The van der Waals surface area contributed by atoms with E-state index in [2.05, 4.69) is 30.8 Å². The van der Waals surface area contributed by atoms with Gasteiger partial charge in [-0.15, -0.1) is 0 Å². The van der Waals surface area contributed by atoms with E-state index in [1.807, 2.05) is 36.4 Å². The fraction of sp³-hybridized carbons (Fsp3) is 0.0909. The summed E-state index contributed by atoms with van der Waals surface area (Å²) in [6.07, 6.45) is 1.56. The summed E-state index contributed by atoms with van der Waals surface area (Å²) >= 11 is 0. The quantitative estimate of drug-likeness (QED) is 0.679. The first-order valence-corrected chi connectivity index (χ1v) is 7.98. The molecule has 2 N–H and O–H groups in total. The van der Waals surface area contributed by atoms with Crippen LogP contribution in [0.1, 0.15) is 16.7 Å². The molecule has 3 heteroatoms. The molecule has 25 heavy (non-hydrogen) atoms. The molecule has 3 nitrogen and oxygen atoms in total. The van der Waals surface area contributed by atoms with Crippen molar-refractivity contribution in [3.05, 3.63) is 102 Å². The topological polar surface area (TPSA) is 49.7 Å². The molecule has 0 heterocycles. The highest BCUT2D eigenvalue weighted by Gasteiger charge is 1.94. The second-order valence-corrected chi connectivity index (χ2v) is 5.45. The molecular weight excluding hydrogens is 312 g/mol. The molecule has 0 unspecified atom stereocenters. The van der Waals surface area contributed by atoms with E-state index in [0.717, 1.165) is 0 Å². The number of ether oxygens (including phenoxy) is 1. The zero-order valence-electron chi connectivity index (χ0n) is 14.0.